The molecule has 0 aliphatic carbocycles. The van der Waals surface area contributed by atoms with Crippen molar-refractivity contribution in [2.24, 2.45) is 5.73 Å². The Morgan fingerprint density at radius 3 is 2.50 bits per heavy atom. The molecule has 28 heavy (non-hydrogen) atoms. The van der Waals surface area contributed by atoms with Crippen LogP contribution in [0.4, 0.5) is 5.69 Å². The zero-order valence-electron chi connectivity index (χ0n) is 16.3. The summed E-state index contributed by atoms with van der Waals surface area (Å²) in [5.41, 5.74) is 14.7. The van der Waals surface area contributed by atoms with Crippen molar-refractivity contribution in [2.75, 3.05) is 12.3 Å². The van der Waals surface area contributed by atoms with Gasteiger partial charge in [-0.3, -0.25) is 0 Å². The van der Waals surface area contributed by atoms with Crippen LogP contribution in [0.5, 0.6) is 11.5 Å². The molecular weight excluding hydrogens is 350 g/mol. The number of rotatable bonds is 8. The third-order valence-electron chi connectivity index (χ3n) is 4.97. The zero-order chi connectivity index (χ0) is 19.9. The van der Waals surface area contributed by atoms with Crippen LogP contribution in [0.25, 0.3) is 0 Å². The molecule has 5 nitrogen and oxygen atoms in total. The van der Waals surface area contributed by atoms with Gasteiger partial charge in [0.25, 0.3) is 0 Å². The Labute approximate surface area is 166 Å². The number of unbranched alkanes of at least 4 members (excludes halogenated alkanes) is 4. The fraction of sp³-hybridized carbons (Fsp3) is 0.348. The van der Waals surface area contributed by atoms with Crippen molar-refractivity contribution in [1.29, 1.82) is 5.26 Å². The predicted octanol–water partition coefficient (Wildman–Crippen LogP) is 4.84. The first kappa shape index (κ1) is 19.6. The molecule has 0 saturated heterocycles. The molecular formula is C23H27N3O2. The first-order chi connectivity index (χ1) is 13.6. The van der Waals surface area contributed by atoms with E-state index in [4.69, 9.17) is 20.9 Å². The lowest BCUT2D eigenvalue weighted by Gasteiger charge is -2.26. The first-order valence-corrected chi connectivity index (χ1v) is 9.83. The average molecular weight is 377 g/mol. The maximum Gasteiger partial charge on any atom is 0.205 e. The highest BCUT2D eigenvalue weighted by Crippen LogP contribution is 2.42. The Kier molecular flexibility index (Phi) is 6.44. The molecule has 5 heteroatoms. The van der Waals surface area contributed by atoms with Crippen LogP contribution in [0.2, 0.25) is 0 Å². The molecule has 0 spiro atoms. The molecule has 0 fully saturated rings. The number of nitrogens with zero attached hydrogens (tertiary/aromatic N) is 1. The van der Waals surface area contributed by atoms with Gasteiger partial charge in [-0.1, -0.05) is 50.8 Å². The number of benzene rings is 2. The fourth-order valence-electron chi connectivity index (χ4n) is 3.47. The van der Waals surface area contributed by atoms with Crippen LogP contribution in [-0.2, 0) is 0 Å². The molecule has 0 amide bonds. The number of allylic oxidation sites excluding steroid dienone is 1. The summed E-state index contributed by atoms with van der Waals surface area (Å²) in [6.45, 7) is 2.93. The molecule has 146 valence electrons. The maximum atomic E-state index is 9.62. The van der Waals surface area contributed by atoms with Gasteiger partial charge in [0.15, 0.2) is 0 Å². The summed E-state index contributed by atoms with van der Waals surface area (Å²) in [5, 5.41) is 9.62. The van der Waals surface area contributed by atoms with Gasteiger partial charge < -0.3 is 20.9 Å². The SMILES string of the molecule is CCCCCCCOc1ccc([C@H]2C(C#N)=C(N)Oc3cc(N)ccc32)cc1. The minimum absolute atomic E-state index is 0.123. The van der Waals surface area contributed by atoms with E-state index >= 15 is 0 Å². The number of ether oxygens (including phenoxy) is 2. The topological polar surface area (TPSA) is 94.3 Å². The molecule has 1 aliphatic rings. The molecule has 2 aromatic rings. The van der Waals surface area contributed by atoms with Crippen LogP contribution in [0.1, 0.15) is 56.1 Å². The molecule has 4 N–H and O–H groups in total. The summed E-state index contributed by atoms with van der Waals surface area (Å²) >= 11 is 0. The van der Waals surface area contributed by atoms with Crippen molar-refractivity contribution in [1.82, 2.24) is 0 Å². The lowest BCUT2D eigenvalue weighted by Crippen LogP contribution is -2.21. The molecule has 0 radical (unpaired) electrons. The molecule has 0 aromatic heterocycles. The second-order valence-corrected chi connectivity index (χ2v) is 7.05. The van der Waals surface area contributed by atoms with E-state index in [1.54, 1.807) is 6.07 Å². The van der Waals surface area contributed by atoms with E-state index in [1.807, 2.05) is 36.4 Å². The van der Waals surface area contributed by atoms with E-state index in [0.29, 0.717) is 17.0 Å². The molecule has 1 heterocycles. The minimum atomic E-state index is -0.280. The summed E-state index contributed by atoms with van der Waals surface area (Å²) in [6, 6.07) is 15.5. The number of hydrogen-bond acceptors (Lipinski definition) is 5. The Morgan fingerprint density at radius 2 is 1.79 bits per heavy atom. The van der Waals surface area contributed by atoms with Gasteiger partial charge in [0.2, 0.25) is 5.88 Å². The van der Waals surface area contributed by atoms with E-state index in [9.17, 15) is 5.26 Å². The molecule has 1 atom stereocenters. The monoisotopic (exact) mass is 377 g/mol. The van der Waals surface area contributed by atoms with Gasteiger partial charge in [-0.15, -0.1) is 0 Å². The van der Waals surface area contributed by atoms with Crippen LogP contribution in [0.15, 0.2) is 53.9 Å². The summed E-state index contributed by atoms with van der Waals surface area (Å²) in [6.07, 6.45) is 6.05. The number of hydrogen-bond donors (Lipinski definition) is 2. The van der Waals surface area contributed by atoms with Gasteiger partial charge in [-0.2, -0.15) is 5.26 Å². The normalized spacial score (nSPS) is 15.5. The number of nitriles is 1. The Bertz CT molecular complexity index is 882. The number of fused-ring (bicyclic) bond motifs is 1. The molecule has 2 aromatic carbocycles. The third-order valence-corrected chi connectivity index (χ3v) is 4.97. The van der Waals surface area contributed by atoms with Gasteiger partial charge in [-0.25, -0.2) is 0 Å². The Balaban J connectivity index is 1.75. The molecule has 0 bridgehead atoms. The van der Waals surface area contributed by atoms with Crippen molar-refractivity contribution in [2.45, 2.75) is 44.9 Å². The second-order valence-electron chi connectivity index (χ2n) is 7.05. The van der Waals surface area contributed by atoms with Gasteiger partial charge in [0.05, 0.1) is 12.5 Å². The number of anilines is 1. The standard InChI is InChI=1S/C23H27N3O2/c1-2-3-4-5-6-13-27-18-10-7-16(8-11-18)22-19-12-9-17(25)14-21(19)28-23(26)20(22)15-24/h7-12,14,22H,2-6,13,25-26H2,1H3/t22-/m1/s1. The van der Waals surface area contributed by atoms with Crippen molar-refractivity contribution >= 4 is 5.69 Å². The average Bonchev–Trinajstić information content (AvgIpc) is 2.70. The van der Waals surface area contributed by atoms with Crippen LogP contribution in [0.3, 0.4) is 0 Å². The van der Waals surface area contributed by atoms with E-state index < -0.39 is 0 Å². The highest BCUT2D eigenvalue weighted by molar-refractivity contribution is 5.59. The van der Waals surface area contributed by atoms with Crippen molar-refractivity contribution in [3.63, 3.8) is 0 Å². The van der Waals surface area contributed by atoms with Crippen molar-refractivity contribution in [3.8, 4) is 17.6 Å². The Morgan fingerprint density at radius 1 is 1.04 bits per heavy atom. The smallest absolute Gasteiger partial charge is 0.205 e. The van der Waals surface area contributed by atoms with Crippen LogP contribution < -0.4 is 20.9 Å². The van der Waals surface area contributed by atoms with E-state index in [0.717, 1.165) is 29.9 Å². The molecule has 3 rings (SSSR count). The summed E-state index contributed by atoms with van der Waals surface area (Å²) in [4.78, 5) is 0. The summed E-state index contributed by atoms with van der Waals surface area (Å²) < 4.78 is 11.5. The lowest BCUT2D eigenvalue weighted by atomic mass is 9.83. The van der Waals surface area contributed by atoms with Crippen LogP contribution in [0, 0.1) is 11.3 Å². The predicted molar refractivity (Wildman–Crippen MR) is 111 cm³/mol. The lowest BCUT2D eigenvalue weighted by molar-refractivity contribution is 0.304. The van der Waals surface area contributed by atoms with Gasteiger partial charge in [-0.05, 0) is 30.2 Å². The van der Waals surface area contributed by atoms with Gasteiger partial charge in [0, 0.05) is 17.3 Å². The van der Waals surface area contributed by atoms with Crippen molar-refractivity contribution in [3.05, 3.63) is 65.0 Å². The highest BCUT2D eigenvalue weighted by atomic mass is 16.5. The number of nitrogen functional groups attached to an aromatic ring is 1. The quantitative estimate of drug-likeness (QED) is 0.507. The fourth-order valence-corrected chi connectivity index (χ4v) is 3.47. The first-order valence-electron chi connectivity index (χ1n) is 9.83. The van der Waals surface area contributed by atoms with Gasteiger partial charge in [0.1, 0.15) is 23.1 Å². The number of nitrogens with two attached hydrogens (primary N) is 2. The van der Waals surface area contributed by atoms with E-state index in [-0.39, 0.29) is 11.8 Å². The molecule has 0 unspecified atom stereocenters. The largest absolute Gasteiger partial charge is 0.494 e. The second kappa shape index (κ2) is 9.18. The molecule has 1 aliphatic heterocycles. The third kappa shape index (κ3) is 4.40. The minimum Gasteiger partial charge on any atom is -0.494 e. The zero-order valence-corrected chi connectivity index (χ0v) is 16.3. The van der Waals surface area contributed by atoms with Gasteiger partial charge >= 0.3 is 0 Å². The Hall–Kier alpha value is -3.13. The maximum absolute atomic E-state index is 9.62. The highest BCUT2D eigenvalue weighted by Gasteiger charge is 2.30. The van der Waals surface area contributed by atoms with E-state index in [2.05, 4.69) is 13.0 Å². The van der Waals surface area contributed by atoms with Crippen molar-refractivity contribution < 1.29 is 9.47 Å². The van der Waals surface area contributed by atoms with Crippen LogP contribution >= 0.6 is 0 Å². The summed E-state index contributed by atoms with van der Waals surface area (Å²) in [7, 11) is 0. The summed E-state index contributed by atoms with van der Waals surface area (Å²) in [5.74, 6) is 1.27. The van der Waals surface area contributed by atoms with E-state index in [1.165, 1.54) is 25.7 Å². The van der Waals surface area contributed by atoms with Crippen LogP contribution in [-0.4, -0.2) is 6.61 Å². The molecule has 0 saturated carbocycles.